The Labute approximate surface area is 164 Å². The molecular formula is C17H14Br2ClNO2S. The van der Waals surface area contributed by atoms with Crippen LogP contribution in [0.15, 0.2) is 45.3 Å². The van der Waals surface area contributed by atoms with Crippen LogP contribution in [0.4, 0.5) is 0 Å². The number of rotatable bonds is 4. The molecule has 0 radical (unpaired) electrons. The number of aromatic nitrogens is 1. The number of aliphatic hydroxyl groups is 1. The molecule has 0 amide bonds. The van der Waals surface area contributed by atoms with Gasteiger partial charge in [0.25, 0.3) is 0 Å². The summed E-state index contributed by atoms with van der Waals surface area (Å²) in [6.07, 6.45) is 0.729. The minimum atomic E-state index is -1.11. The predicted molar refractivity (Wildman–Crippen MR) is 108 cm³/mol. The summed E-state index contributed by atoms with van der Waals surface area (Å²) < 4.78 is 13.3. The third-order valence-corrected chi connectivity index (χ3v) is 6.18. The summed E-state index contributed by atoms with van der Waals surface area (Å²) in [4.78, 5) is 3.25. The molecule has 1 heterocycles. The zero-order valence-electron chi connectivity index (χ0n) is 12.6. The van der Waals surface area contributed by atoms with E-state index in [1.165, 1.54) is 0 Å². The summed E-state index contributed by atoms with van der Waals surface area (Å²) in [6, 6.07) is 11.6. The number of benzene rings is 2. The minimum Gasteiger partial charge on any atom is -0.616 e. The van der Waals surface area contributed by atoms with Crippen LogP contribution in [0.3, 0.4) is 0 Å². The van der Waals surface area contributed by atoms with Crippen LogP contribution in [-0.4, -0.2) is 26.7 Å². The van der Waals surface area contributed by atoms with E-state index in [1.807, 2.05) is 36.4 Å². The molecule has 0 saturated heterocycles. The summed E-state index contributed by atoms with van der Waals surface area (Å²) in [6.45, 7) is 0. The zero-order valence-corrected chi connectivity index (χ0v) is 17.4. The molecule has 0 spiro atoms. The molecule has 3 aromatic rings. The molecule has 0 fully saturated rings. The molecule has 1 aromatic heterocycles. The fraction of sp³-hybridized carbons (Fsp3) is 0.176. The van der Waals surface area contributed by atoms with E-state index < -0.39 is 17.3 Å². The van der Waals surface area contributed by atoms with Crippen LogP contribution in [0, 0.1) is 0 Å². The fourth-order valence-corrected chi connectivity index (χ4v) is 4.24. The Kier molecular flexibility index (Phi) is 5.64. The summed E-state index contributed by atoms with van der Waals surface area (Å²) in [5.74, 6) is 0.169. The Hall–Kier alpha value is -0.500. The molecular weight excluding hydrogens is 478 g/mol. The highest BCUT2D eigenvalue weighted by Gasteiger charge is 2.23. The van der Waals surface area contributed by atoms with E-state index in [0.717, 1.165) is 31.0 Å². The fourth-order valence-electron chi connectivity index (χ4n) is 2.72. The SMILES string of the molecule is C[S+]([O-])CC(O)c1[nH]c2cc(Cl)c(Br)cc2c1-c1cccc(Br)c1. The van der Waals surface area contributed by atoms with Crippen molar-refractivity contribution in [1.29, 1.82) is 0 Å². The lowest BCUT2D eigenvalue weighted by atomic mass is 10.00. The summed E-state index contributed by atoms with van der Waals surface area (Å²) in [5, 5.41) is 12.1. The largest absolute Gasteiger partial charge is 0.616 e. The molecule has 0 aliphatic rings. The number of fused-ring (bicyclic) bond motifs is 1. The predicted octanol–water partition coefficient (Wildman–Crippen LogP) is 5.43. The first-order chi connectivity index (χ1) is 11.4. The molecule has 126 valence electrons. The van der Waals surface area contributed by atoms with Crippen molar-refractivity contribution in [2.75, 3.05) is 12.0 Å². The van der Waals surface area contributed by atoms with E-state index in [-0.39, 0.29) is 5.75 Å². The van der Waals surface area contributed by atoms with Crippen molar-refractivity contribution < 1.29 is 9.66 Å². The maximum Gasteiger partial charge on any atom is 0.139 e. The molecule has 3 nitrogen and oxygen atoms in total. The highest BCUT2D eigenvalue weighted by Crippen LogP contribution is 2.39. The van der Waals surface area contributed by atoms with E-state index in [0.29, 0.717) is 10.7 Å². The highest BCUT2D eigenvalue weighted by atomic mass is 79.9. The van der Waals surface area contributed by atoms with E-state index in [9.17, 15) is 9.66 Å². The van der Waals surface area contributed by atoms with Gasteiger partial charge in [0, 0.05) is 25.4 Å². The van der Waals surface area contributed by atoms with Gasteiger partial charge in [-0.25, -0.2) is 0 Å². The van der Waals surface area contributed by atoms with Crippen molar-refractivity contribution in [3.63, 3.8) is 0 Å². The lowest BCUT2D eigenvalue weighted by Crippen LogP contribution is -2.13. The zero-order chi connectivity index (χ0) is 17.4. The molecule has 3 rings (SSSR count). The van der Waals surface area contributed by atoms with Crippen molar-refractivity contribution in [3.05, 3.63) is 56.1 Å². The normalized spacial score (nSPS) is 14.1. The van der Waals surface area contributed by atoms with Gasteiger partial charge in [0.15, 0.2) is 0 Å². The molecule has 2 aromatic carbocycles. The van der Waals surface area contributed by atoms with Gasteiger partial charge in [-0.05, 0) is 45.8 Å². The van der Waals surface area contributed by atoms with Gasteiger partial charge in [-0.2, -0.15) is 0 Å². The molecule has 0 aliphatic carbocycles. The van der Waals surface area contributed by atoms with Crippen molar-refractivity contribution in [2.24, 2.45) is 0 Å². The molecule has 2 N–H and O–H groups in total. The van der Waals surface area contributed by atoms with Crippen molar-refractivity contribution >= 4 is 65.5 Å². The maximum absolute atomic E-state index is 11.6. The van der Waals surface area contributed by atoms with Crippen LogP contribution in [0.25, 0.3) is 22.0 Å². The van der Waals surface area contributed by atoms with Crippen LogP contribution in [-0.2, 0) is 11.2 Å². The smallest absolute Gasteiger partial charge is 0.139 e. The lowest BCUT2D eigenvalue weighted by Gasteiger charge is -2.13. The second kappa shape index (κ2) is 7.40. The van der Waals surface area contributed by atoms with Crippen LogP contribution in [0.1, 0.15) is 11.8 Å². The molecule has 0 bridgehead atoms. The van der Waals surface area contributed by atoms with E-state index in [2.05, 4.69) is 36.8 Å². The first kappa shape index (κ1) is 18.3. The van der Waals surface area contributed by atoms with Gasteiger partial charge in [-0.3, -0.25) is 0 Å². The Morgan fingerprint density at radius 3 is 2.71 bits per heavy atom. The van der Waals surface area contributed by atoms with Gasteiger partial charge in [-0.15, -0.1) is 0 Å². The maximum atomic E-state index is 11.6. The van der Waals surface area contributed by atoms with Crippen molar-refractivity contribution in [2.45, 2.75) is 6.10 Å². The quantitative estimate of drug-likeness (QED) is 0.479. The third-order valence-electron chi connectivity index (χ3n) is 3.71. The number of halogens is 3. The number of H-pyrrole nitrogens is 1. The number of hydrogen-bond acceptors (Lipinski definition) is 2. The second-order valence-corrected chi connectivity index (χ2v) is 9.15. The summed E-state index contributed by atoms with van der Waals surface area (Å²) in [5.41, 5.74) is 3.32. The van der Waals surface area contributed by atoms with Crippen molar-refractivity contribution in [1.82, 2.24) is 4.98 Å². The second-order valence-electron chi connectivity index (χ2n) is 5.49. The first-order valence-electron chi connectivity index (χ1n) is 7.11. The number of aliphatic hydroxyl groups excluding tert-OH is 1. The van der Waals surface area contributed by atoms with E-state index in [1.54, 1.807) is 6.26 Å². The van der Waals surface area contributed by atoms with Crippen LogP contribution in [0.2, 0.25) is 5.02 Å². The van der Waals surface area contributed by atoms with Crippen LogP contribution in [0.5, 0.6) is 0 Å². The Morgan fingerprint density at radius 2 is 2.04 bits per heavy atom. The molecule has 24 heavy (non-hydrogen) atoms. The number of hydrogen-bond donors (Lipinski definition) is 2. The van der Waals surface area contributed by atoms with Gasteiger partial charge in [0.05, 0.1) is 17.0 Å². The molecule has 0 aliphatic heterocycles. The van der Waals surface area contributed by atoms with Gasteiger partial charge in [0.2, 0.25) is 0 Å². The average molecular weight is 492 g/mol. The summed E-state index contributed by atoms with van der Waals surface area (Å²) in [7, 11) is 0. The number of nitrogens with one attached hydrogen (secondary N) is 1. The van der Waals surface area contributed by atoms with Gasteiger partial charge < -0.3 is 14.6 Å². The first-order valence-corrected chi connectivity index (χ1v) is 10.8. The van der Waals surface area contributed by atoms with E-state index in [4.69, 9.17) is 11.6 Å². The topological polar surface area (TPSA) is 59.1 Å². The molecule has 2 atom stereocenters. The van der Waals surface area contributed by atoms with Gasteiger partial charge in [0.1, 0.15) is 11.9 Å². The molecule has 2 unspecified atom stereocenters. The summed E-state index contributed by atoms with van der Waals surface area (Å²) >= 11 is 12.0. The lowest BCUT2D eigenvalue weighted by molar-refractivity contribution is 0.198. The van der Waals surface area contributed by atoms with Gasteiger partial charge >= 0.3 is 0 Å². The molecule has 7 heteroatoms. The monoisotopic (exact) mass is 489 g/mol. The highest BCUT2D eigenvalue weighted by molar-refractivity contribution is 9.10. The Bertz CT molecular complexity index is 898. The Morgan fingerprint density at radius 1 is 1.29 bits per heavy atom. The van der Waals surface area contributed by atoms with Crippen molar-refractivity contribution in [3.8, 4) is 11.1 Å². The Balaban J connectivity index is 2.28. The van der Waals surface area contributed by atoms with Crippen LogP contribution < -0.4 is 0 Å². The minimum absolute atomic E-state index is 0.169. The van der Waals surface area contributed by atoms with E-state index >= 15 is 0 Å². The molecule has 0 saturated carbocycles. The average Bonchev–Trinajstić information content (AvgIpc) is 2.85. The third kappa shape index (κ3) is 3.69. The number of aromatic amines is 1. The van der Waals surface area contributed by atoms with Gasteiger partial charge in [-0.1, -0.05) is 50.8 Å². The van der Waals surface area contributed by atoms with Crippen LogP contribution >= 0.6 is 43.5 Å². The standard InChI is InChI=1S/C17H14Br2ClNO2S/c1-24(23)8-15(22)17-16(9-3-2-4-10(18)5-9)11-6-12(19)13(20)7-14(11)21-17/h2-7,15,21-22H,8H2,1H3.